The van der Waals surface area contributed by atoms with Gasteiger partial charge in [0, 0.05) is 19.6 Å². The Balaban J connectivity index is 1.64. The number of unbranched alkanes of at least 4 members (excludes halogenated alkanes) is 3. The van der Waals surface area contributed by atoms with Crippen LogP contribution in [0.15, 0.2) is 18.2 Å². The van der Waals surface area contributed by atoms with Gasteiger partial charge in [0.1, 0.15) is 18.0 Å². The number of hydrogen-bond donors (Lipinski definition) is 5. The molecule has 5 N–H and O–H groups in total. The SMILES string of the molecule is CN(C)Cc1ccc(NCCCCCCN2C[C@H](O)[C@@H](O)[C@H](O)[C@H]2CO)c(F)c1. The van der Waals surface area contributed by atoms with E-state index in [9.17, 15) is 24.8 Å². The van der Waals surface area contributed by atoms with Crippen molar-refractivity contribution in [2.75, 3.05) is 45.7 Å². The number of β-amino-alcohol motifs (C(OH)–C–C–N with tert-alkyl or cyclic N) is 1. The van der Waals surface area contributed by atoms with E-state index in [1.807, 2.05) is 30.0 Å². The molecule has 1 aromatic carbocycles. The van der Waals surface area contributed by atoms with Gasteiger partial charge in [-0.15, -0.1) is 0 Å². The van der Waals surface area contributed by atoms with Gasteiger partial charge in [-0.2, -0.15) is 0 Å². The molecule has 1 heterocycles. The lowest BCUT2D eigenvalue weighted by atomic mass is 9.94. The molecule has 0 bridgehead atoms. The van der Waals surface area contributed by atoms with E-state index in [0.29, 0.717) is 25.3 Å². The average Bonchev–Trinajstić information content (AvgIpc) is 2.66. The third kappa shape index (κ3) is 7.16. The summed E-state index contributed by atoms with van der Waals surface area (Å²) in [5, 5.41) is 42.1. The summed E-state index contributed by atoms with van der Waals surface area (Å²) in [6, 6.07) is 4.73. The van der Waals surface area contributed by atoms with Crippen LogP contribution in [0.5, 0.6) is 0 Å². The lowest BCUT2D eigenvalue weighted by Crippen LogP contribution is -2.62. The van der Waals surface area contributed by atoms with Crippen LogP contribution in [-0.4, -0.2) is 94.9 Å². The molecule has 1 aliphatic rings. The van der Waals surface area contributed by atoms with Crippen molar-refractivity contribution in [3.8, 4) is 0 Å². The number of aliphatic hydroxyl groups excluding tert-OH is 4. The lowest BCUT2D eigenvalue weighted by molar-refractivity contribution is -0.145. The number of anilines is 1. The molecule has 0 aromatic heterocycles. The summed E-state index contributed by atoms with van der Waals surface area (Å²) < 4.78 is 14.1. The molecule has 0 unspecified atom stereocenters. The zero-order chi connectivity index (χ0) is 21.4. The predicted octanol–water partition coefficient (Wildman–Crippen LogP) is 0.619. The molecule has 2 rings (SSSR count). The van der Waals surface area contributed by atoms with Crippen LogP contribution in [0.4, 0.5) is 10.1 Å². The first-order chi connectivity index (χ1) is 13.8. The normalized spacial score (nSPS) is 25.5. The number of halogens is 1. The Labute approximate surface area is 172 Å². The number of nitrogens with zero attached hydrogens (tertiary/aromatic N) is 2. The molecular formula is C21H36FN3O4. The molecule has 1 aliphatic heterocycles. The number of rotatable bonds is 11. The van der Waals surface area contributed by atoms with Crippen LogP contribution in [-0.2, 0) is 6.54 Å². The van der Waals surface area contributed by atoms with Crippen LogP contribution in [0.25, 0.3) is 0 Å². The second-order valence-electron chi connectivity index (χ2n) is 8.19. The van der Waals surface area contributed by atoms with E-state index in [-0.39, 0.29) is 19.0 Å². The van der Waals surface area contributed by atoms with Gasteiger partial charge in [0.25, 0.3) is 0 Å². The van der Waals surface area contributed by atoms with Gasteiger partial charge in [0.2, 0.25) is 0 Å². The van der Waals surface area contributed by atoms with Crippen LogP contribution in [0, 0.1) is 5.82 Å². The fourth-order valence-corrected chi connectivity index (χ4v) is 3.82. The summed E-state index contributed by atoms with van der Waals surface area (Å²) in [7, 11) is 3.90. The molecule has 0 aliphatic carbocycles. The highest BCUT2D eigenvalue weighted by Gasteiger charge is 2.40. The molecule has 0 amide bonds. The van der Waals surface area contributed by atoms with Crippen LogP contribution in [0.2, 0.25) is 0 Å². The Bertz CT molecular complexity index is 620. The van der Waals surface area contributed by atoms with Gasteiger partial charge < -0.3 is 30.6 Å². The fraction of sp³-hybridized carbons (Fsp3) is 0.714. The summed E-state index contributed by atoms with van der Waals surface area (Å²) in [4.78, 5) is 3.84. The molecule has 1 fully saturated rings. The number of hydrogen-bond acceptors (Lipinski definition) is 7. The second-order valence-corrected chi connectivity index (χ2v) is 8.19. The van der Waals surface area contributed by atoms with E-state index in [2.05, 4.69) is 5.32 Å². The Kier molecular flexibility index (Phi) is 9.74. The number of piperidine rings is 1. The van der Waals surface area contributed by atoms with Crippen molar-refractivity contribution in [1.82, 2.24) is 9.80 Å². The molecular weight excluding hydrogens is 377 g/mol. The minimum atomic E-state index is -1.22. The standard InChI is InChI=1S/C21H36FN3O4/c1-24(2)12-15-7-8-17(16(22)11-15)23-9-5-3-4-6-10-25-13-19(27)21(29)20(28)18(25)14-26/h7-8,11,18-21,23,26-29H,3-6,9-10,12-14H2,1-2H3/t18-,19+,20-,21-/m1/s1. The van der Waals surface area contributed by atoms with Gasteiger partial charge in [-0.05, 0) is 51.2 Å². The van der Waals surface area contributed by atoms with E-state index < -0.39 is 24.4 Å². The Morgan fingerprint density at radius 3 is 2.48 bits per heavy atom. The summed E-state index contributed by atoms with van der Waals surface area (Å²) in [6.07, 6.45) is 0.328. The number of likely N-dealkylation sites (tertiary alicyclic amines) is 1. The number of nitrogens with one attached hydrogen (secondary N) is 1. The molecule has 7 nitrogen and oxygen atoms in total. The summed E-state index contributed by atoms with van der Waals surface area (Å²) in [6.45, 7) is 2.03. The van der Waals surface area contributed by atoms with Crippen LogP contribution in [0.1, 0.15) is 31.2 Å². The molecule has 8 heteroatoms. The van der Waals surface area contributed by atoms with Crippen molar-refractivity contribution in [1.29, 1.82) is 0 Å². The third-order valence-corrected chi connectivity index (χ3v) is 5.44. The quantitative estimate of drug-likeness (QED) is 0.339. The maximum atomic E-state index is 14.1. The molecule has 0 spiro atoms. The molecule has 1 aromatic rings. The predicted molar refractivity (Wildman–Crippen MR) is 111 cm³/mol. The Hall–Kier alpha value is -1.29. The monoisotopic (exact) mass is 413 g/mol. The molecule has 0 saturated carbocycles. The van der Waals surface area contributed by atoms with Crippen molar-refractivity contribution >= 4 is 5.69 Å². The van der Waals surface area contributed by atoms with Gasteiger partial charge in [-0.1, -0.05) is 18.9 Å². The first kappa shape index (κ1) is 24.0. The Morgan fingerprint density at radius 1 is 1.10 bits per heavy atom. The maximum Gasteiger partial charge on any atom is 0.146 e. The molecule has 0 radical (unpaired) electrons. The van der Waals surface area contributed by atoms with Crippen molar-refractivity contribution in [3.63, 3.8) is 0 Å². The highest BCUT2D eigenvalue weighted by molar-refractivity contribution is 5.46. The van der Waals surface area contributed by atoms with E-state index in [1.165, 1.54) is 0 Å². The Morgan fingerprint density at radius 2 is 1.83 bits per heavy atom. The number of aliphatic hydroxyl groups is 4. The third-order valence-electron chi connectivity index (χ3n) is 5.44. The van der Waals surface area contributed by atoms with E-state index in [1.54, 1.807) is 12.1 Å². The smallest absolute Gasteiger partial charge is 0.146 e. The largest absolute Gasteiger partial charge is 0.395 e. The summed E-state index contributed by atoms with van der Waals surface area (Å²) in [5.41, 5.74) is 1.47. The minimum Gasteiger partial charge on any atom is -0.395 e. The first-order valence-corrected chi connectivity index (χ1v) is 10.4. The highest BCUT2D eigenvalue weighted by atomic mass is 19.1. The molecule has 1 saturated heterocycles. The zero-order valence-corrected chi connectivity index (χ0v) is 17.5. The van der Waals surface area contributed by atoms with Crippen LogP contribution >= 0.6 is 0 Å². The van der Waals surface area contributed by atoms with E-state index in [4.69, 9.17) is 0 Å². The van der Waals surface area contributed by atoms with Gasteiger partial charge in [-0.3, -0.25) is 4.90 Å². The number of benzene rings is 1. The summed E-state index contributed by atoms with van der Waals surface area (Å²) in [5.74, 6) is -0.233. The lowest BCUT2D eigenvalue weighted by Gasteiger charge is -2.43. The van der Waals surface area contributed by atoms with Gasteiger partial charge in [0.05, 0.1) is 24.4 Å². The maximum absolute atomic E-state index is 14.1. The zero-order valence-electron chi connectivity index (χ0n) is 17.5. The van der Waals surface area contributed by atoms with Crippen LogP contribution in [0.3, 0.4) is 0 Å². The molecule has 166 valence electrons. The van der Waals surface area contributed by atoms with Crippen LogP contribution < -0.4 is 5.32 Å². The first-order valence-electron chi connectivity index (χ1n) is 10.4. The average molecular weight is 414 g/mol. The fourth-order valence-electron chi connectivity index (χ4n) is 3.82. The summed E-state index contributed by atoms with van der Waals surface area (Å²) >= 11 is 0. The van der Waals surface area contributed by atoms with E-state index >= 15 is 0 Å². The van der Waals surface area contributed by atoms with Crippen molar-refractivity contribution in [2.24, 2.45) is 0 Å². The van der Waals surface area contributed by atoms with Crippen molar-refractivity contribution < 1.29 is 24.8 Å². The highest BCUT2D eigenvalue weighted by Crippen LogP contribution is 2.20. The second kappa shape index (κ2) is 11.8. The van der Waals surface area contributed by atoms with Gasteiger partial charge in [-0.25, -0.2) is 4.39 Å². The van der Waals surface area contributed by atoms with Crippen molar-refractivity contribution in [3.05, 3.63) is 29.6 Å². The topological polar surface area (TPSA) is 99.4 Å². The van der Waals surface area contributed by atoms with Gasteiger partial charge >= 0.3 is 0 Å². The van der Waals surface area contributed by atoms with Crippen molar-refractivity contribution in [2.45, 2.75) is 56.6 Å². The van der Waals surface area contributed by atoms with Gasteiger partial charge in [0.15, 0.2) is 0 Å². The molecule has 4 atom stereocenters. The van der Waals surface area contributed by atoms with E-state index in [0.717, 1.165) is 31.2 Å². The minimum absolute atomic E-state index is 0.233. The molecule has 29 heavy (non-hydrogen) atoms.